The van der Waals surface area contributed by atoms with Crippen molar-refractivity contribution < 1.29 is 0 Å². The van der Waals surface area contributed by atoms with Gasteiger partial charge in [0, 0.05) is 29.9 Å². The number of nitrogen functional groups attached to an aromatic ring is 1. The van der Waals surface area contributed by atoms with Crippen LogP contribution < -0.4 is 10.6 Å². The van der Waals surface area contributed by atoms with E-state index in [1.54, 1.807) is 0 Å². The minimum atomic E-state index is 0.667. The third-order valence-corrected chi connectivity index (χ3v) is 4.44. The molecule has 1 aliphatic carbocycles. The number of aromatic nitrogens is 1. The zero-order chi connectivity index (χ0) is 13.9. The monoisotopic (exact) mass is 269 g/mol. The van der Waals surface area contributed by atoms with E-state index in [2.05, 4.69) is 28.9 Å². The molecule has 0 bridgehead atoms. The van der Waals surface area contributed by atoms with E-state index < -0.39 is 0 Å². The number of para-hydroxylation sites is 1. The van der Waals surface area contributed by atoms with Crippen molar-refractivity contribution in [3.63, 3.8) is 0 Å². The minimum absolute atomic E-state index is 0.667. The van der Waals surface area contributed by atoms with Crippen molar-refractivity contribution in [3.05, 3.63) is 30.5 Å². The van der Waals surface area contributed by atoms with Crippen LogP contribution in [0.4, 0.5) is 11.4 Å². The summed E-state index contributed by atoms with van der Waals surface area (Å²) in [6, 6.07) is 8.90. The first-order chi connectivity index (χ1) is 9.81. The van der Waals surface area contributed by atoms with E-state index in [4.69, 9.17) is 5.73 Å². The van der Waals surface area contributed by atoms with Crippen molar-refractivity contribution in [3.8, 4) is 0 Å². The lowest BCUT2D eigenvalue weighted by Crippen LogP contribution is -2.36. The molecular formula is C17H23N3. The predicted octanol–water partition coefficient (Wildman–Crippen LogP) is 3.98. The molecule has 3 nitrogen and oxygen atoms in total. The van der Waals surface area contributed by atoms with Crippen LogP contribution in [0.15, 0.2) is 30.5 Å². The summed E-state index contributed by atoms with van der Waals surface area (Å²) in [6.45, 7) is 3.28. The third-order valence-electron chi connectivity index (χ3n) is 4.44. The van der Waals surface area contributed by atoms with Gasteiger partial charge in [0.15, 0.2) is 0 Å². The van der Waals surface area contributed by atoms with Gasteiger partial charge in [-0.05, 0) is 31.9 Å². The van der Waals surface area contributed by atoms with Crippen molar-refractivity contribution in [2.75, 3.05) is 17.2 Å². The number of hydrogen-bond donors (Lipinski definition) is 1. The van der Waals surface area contributed by atoms with Gasteiger partial charge < -0.3 is 10.6 Å². The van der Waals surface area contributed by atoms with Gasteiger partial charge in [0.1, 0.15) is 0 Å². The second kappa shape index (κ2) is 5.70. The van der Waals surface area contributed by atoms with Gasteiger partial charge in [-0.3, -0.25) is 4.98 Å². The van der Waals surface area contributed by atoms with Crippen molar-refractivity contribution in [2.45, 2.75) is 45.1 Å². The molecule has 1 aliphatic rings. The molecule has 0 spiro atoms. The molecule has 0 saturated heterocycles. The maximum absolute atomic E-state index is 6.06. The van der Waals surface area contributed by atoms with Gasteiger partial charge in [-0.25, -0.2) is 0 Å². The largest absolute Gasteiger partial charge is 0.397 e. The normalized spacial score (nSPS) is 16.4. The van der Waals surface area contributed by atoms with Crippen LogP contribution in [-0.2, 0) is 0 Å². The first-order valence-corrected chi connectivity index (χ1v) is 7.71. The highest BCUT2D eigenvalue weighted by atomic mass is 15.2. The van der Waals surface area contributed by atoms with Crippen LogP contribution in [0.25, 0.3) is 10.9 Å². The van der Waals surface area contributed by atoms with E-state index in [1.165, 1.54) is 43.2 Å². The average Bonchev–Trinajstić information content (AvgIpc) is 2.50. The smallest absolute Gasteiger partial charge is 0.0951 e. The molecule has 0 unspecified atom stereocenters. The van der Waals surface area contributed by atoms with Crippen LogP contribution in [0, 0.1) is 0 Å². The van der Waals surface area contributed by atoms with Crippen molar-refractivity contribution in [1.82, 2.24) is 4.98 Å². The second-order valence-corrected chi connectivity index (χ2v) is 5.65. The number of hydrogen-bond acceptors (Lipinski definition) is 3. The molecule has 20 heavy (non-hydrogen) atoms. The van der Waals surface area contributed by atoms with E-state index >= 15 is 0 Å². The van der Waals surface area contributed by atoms with Gasteiger partial charge in [0.25, 0.3) is 0 Å². The fourth-order valence-corrected chi connectivity index (χ4v) is 3.45. The molecule has 2 N–H and O–H groups in total. The number of pyridine rings is 1. The highest BCUT2D eigenvalue weighted by molar-refractivity contribution is 5.98. The zero-order valence-corrected chi connectivity index (χ0v) is 12.2. The van der Waals surface area contributed by atoms with Gasteiger partial charge >= 0.3 is 0 Å². The Morgan fingerprint density at radius 1 is 1.20 bits per heavy atom. The number of nitrogens with zero attached hydrogens (tertiary/aromatic N) is 2. The first kappa shape index (κ1) is 13.2. The van der Waals surface area contributed by atoms with E-state index in [1.807, 2.05) is 18.3 Å². The Bertz CT molecular complexity index is 588. The predicted molar refractivity (Wildman–Crippen MR) is 86.0 cm³/mol. The fraction of sp³-hybridized carbons (Fsp3) is 0.471. The van der Waals surface area contributed by atoms with Crippen molar-refractivity contribution in [1.29, 1.82) is 0 Å². The summed E-state index contributed by atoms with van der Waals surface area (Å²) >= 11 is 0. The lowest BCUT2D eigenvalue weighted by Gasteiger charge is -2.36. The maximum Gasteiger partial charge on any atom is 0.0951 e. The Balaban J connectivity index is 2.05. The number of fused-ring (bicyclic) bond motifs is 1. The van der Waals surface area contributed by atoms with Gasteiger partial charge in [0.2, 0.25) is 0 Å². The topological polar surface area (TPSA) is 42.2 Å². The van der Waals surface area contributed by atoms with E-state index in [9.17, 15) is 0 Å². The zero-order valence-electron chi connectivity index (χ0n) is 12.2. The fourth-order valence-electron chi connectivity index (χ4n) is 3.45. The molecule has 106 valence electrons. The molecule has 0 atom stereocenters. The van der Waals surface area contributed by atoms with E-state index in [0.29, 0.717) is 6.04 Å². The Morgan fingerprint density at radius 3 is 2.75 bits per heavy atom. The molecule has 3 rings (SSSR count). The van der Waals surface area contributed by atoms with E-state index in [0.717, 1.165) is 17.7 Å². The molecule has 0 radical (unpaired) electrons. The van der Waals surface area contributed by atoms with Crippen LogP contribution in [0.5, 0.6) is 0 Å². The Morgan fingerprint density at radius 2 is 2.00 bits per heavy atom. The SMILES string of the molecule is CCN(c1ccnc2c(N)cccc12)C1CCCCC1. The summed E-state index contributed by atoms with van der Waals surface area (Å²) in [4.78, 5) is 7.00. The van der Waals surface area contributed by atoms with Gasteiger partial charge in [-0.15, -0.1) is 0 Å². The molecule has 1 saturated carbocycles. The summed E-state index contributed by atoms with van der Waals surface area (Å²) in [7, 11) is 0. The molecule has 1 fully saturated rings. The van der Waals surface area contributed by atoms with Crippen molar-refractivity contribution in [2.24, 2.45) is 0 Å². The van der Waals surface area contributed by atoms with Crippen LogP contribution in [0.1, 0.15) is 39.0 Å². The van der Waals surface area contributed by atoms with Crippen molar-refractivity contribution >= 4 is 22.3 Å². The number of nitrogens with two attached hydrogens (primary N) is 1. The summed E-state index contributed by atoms with van der Waals surface area (Å²) in [6.07, 6.45) is 8.59. The Hall–Kier alpha value is -1.77. The quantitative estimate of drug-likeness (QED) is 0.857. The Labute approximate surface area is 120 Å². The first-order valence-electron chi connectivity index (χ1n) is 7.71. The maximum atomic E-state index is 6.06. The van der Waals surface area contributed by atoms with Crippen LogP contribution >= 0.6 is 0 Å². The highest BCUT2D eigenvalue weighted by Crippen LogP contribution is 2.33. The molecule has 3 heteroatoms. The van der Waals surface area contributed by atoms with E-state index in [-0.39, 0.29) is 0 Å². The van der Waals surface area contributed by atoms with Crippen LogP contribution in [0.3, 0.4) is 0 Å². The summed E-state index contributed by atoms with van der Waals surface area (Å²) < 4.78 is 0. The average molecular weight is 269 g/mol. The highest BCUT2D eigenvalue weighted by Gasteiger charge is 2.21. The minimum Gasteiger partial charge on any atom is -0.397 e. The van der Waals surface area contributed by atoms with Crippen LogP contribution in [-0.4, -0.2) is 17.6 Å². The summed E-state index contributed by atoms with van der Waals surface area (Å²) in [5.41, 5.74) is 9.05. The summed E-state index contributed by atoms with van der Waals surface area (Å²) in [5, 5.41) is 1.18. The lowest BCUT2D eigenvalue weighted by molar-refractivity contribution is 0.418. The molecule has 2 aromatic rings. The van der Waals surface area contributed by atoms with Gasteiger partial charge in [0.05, 0.1) is 11.2 Å². The lowest BCUT2D eigenvalue weighted by atomic mass is 9.93. The molecular weight excluding hydrogens is 246 g/mol. The molecule has 0 amide bonds. The molecule has 1 heterocycles. The van der Waals surface area contributed by atoms with Gasteiger partial charge in [-0.1, -0.05) is 31.4 Å². The number of rotatable bonds is 3. The molecule has 0 aliphatic heterocycles. The molecule has 1 aromatic heterocycles. The molecule has 1 aromatic carbocycles. The summed E-state index contributed by atoms with van der Waals surface area (Å²) in [5.74, 6) is 0. The second-order valence-electron chi connectivity index (χ2n) is 5.65. The van der Waals surface area contributed by atoms with Crippen LogP contribution in [0.2, 0.25) is 0 Å². The third kappa shape index (κ3) is 2.33. The number of benzene rings is 1. The Kier molecular flexibility index (Phi) is 3.77. The van der Waals surface area contributed by atoms with Gasteiger partial charge in [-0.2, -0.15) is 0 Å². The number of anilines is 2. The standard InChI is InChI=1S/C17H23N3/c1-2-20(13-7-4-3-5-8-13)16-11-12-19-17-14(16)9-6-10-15(17)18/h6,9-13H,2-5,7-8,18H2,1H3.